The lowest BCUT2D eigenvalue weighted by Crippen LogP contribution is -2.39. The summed E-state index contributed by atoms with van der Waals surface area (Å²) in [7, 11) is 1.43. The Morgan fingerprint density at radius 2 is 1.89 bits per heavy atom. The maximum Gasteiger partial charge on any atom is 0.251 e. The molecule has 0 spiro atoms. The largest absolute Gasteiger partial charge is 0.493 e. The predicted octanol–water partition coefficient (Wildman–Crippen LogP) is 7.09. The van der Waals surface area contributed by atoms with Gasteiger partial charge in [0.05, 0.1) is 31.5 Å². The van der Waals surface area contributed by atoms with Crippen molar-refractivity contribution in [1.82, 2.24) is 15.3 Å². The number of aliphatic hydroxyl groups is 1. The second kappa shape index (κ2) is 14.5. The molecule has 1 atom stereocenters. The first kappa shape index (κ1) is 34.3. The molecule has 0 saturated heterocycles. The molecule has 1 aliphatic rings. The van der Waals surface area contributed by atoms with Gasteiger partial charge in [-0.25, -0.2) is 13.8 Å². The van der Waals surface area contributed by atoms with E-state index in [0.29, 0.717) is 46.0 Å². The monoisotopic (exact) mass is 611 g/mol. The van der Waals surface area contributed by atoms with Crippen molar-refractivity contribution in [3.8, 4) is 28.5 Å². The molecule has 0 saturated carbocycles. The number of methoxy groups -OCH3 is 1. The second-order valence-corrected chi connectivity index (χ2v) is 10.6. The van der Waals surface area contributed by atoms with Crippen LogP contribution in [-0.4, -0.2) is 54.5 Å². The molecule has 238 valence electrons. The summed E-state index contributed by atoms with van der Waals surface area (Å²) in [5.41, 5.74) is 1.02. The lowest BCUT2D eigenvalue weighted by molar-refractivity contribution is 0.0489. The third kappa shape index (κ3) is 6.96. The fourth-order valence-corrected chi connectivity index (χ4v) is 4.81. The summed E-state index contributed by atoms with van der Waals surface area (Å²) >= 11 is 0. The third-order valence-corrected chi connectivity index (χ3v) is 7.10. The molecule has 0 radical (unpaired) electrons. The first-order valence-corrected chi connectivity index (χ1v) is 14.9. The lowest BCUT2D eigenvalue weighted by atomic mass is 9.84. The summed E-state index contributed by atoms with van der Waals surface area (Å²) in [6.45, 7) is 13.1. The van der Waals surface area contributed by atoms with Crippen LogP contribution in [0.25, 0.3) is 22.2 Å². The Hall–Kier alpha value is -4.18. The highest BCUT2D eigenvalue weighted by Gasteiger charge is 2.38. The van der Waals surface area contributed by atoms with Crippen molar-refractivity contribution in [1.29, 1.82) is 0 Å². The first-order valence-electron chi connectivity index (χ1n) is 14.9. The molecule has 0 bridgehead atoms. The van der Waals surface area contributed by atoms with Crippen LogP contribution in [0.1, 0.15) is 70.1 Å². The van der Waals surface area contributed by atoms with Crippen LogP contribution in [0.2, 0.25) is 0 Å². The van der Waals surface area contributed by atoms with Gasteiger partial charge in [-0.15, -0.1) is 0 Å². The Kier molecular flexibility index (Phi) is 11.3. The molecule has 1 aliphatic heterocycles. The van der Waals surface area contributed by atoms with Gasteiger partial charge in [0.2, 0.25) is 0 Å². The summed E-state index contributed by atoms with van der Waals surface area (Å²) < 4.78 is 43.6. The zero-order valence-electron chi connectivity index (χ0n) is 26.7. The molecule has 1 unspecified atom stereocenters. The molecule has 3 N–H and O–H groups in total. The number of hydrogen-bond donors (Lipinski definition) is 3. The number of carbonyl (C=O) groups excluding carboxylic acids is 1. The molecule has 10 heteroatoms. The van der Waals surface area contributed by atoms with Gasteiger partial charge in [0.1, 0.15) is 36.1 Å². The van der Waals surface area contributed by atoms with Crippen LogP contribution in [-0.2, 0) is 11.0 Å². The van der Waals surface area contributed by atoms with Gasteiger partial charge in [-0.05, 0) is 37.3 Å². The highest BCUT2D eigenvalue weighted by molar-refractivity contribution is 5.97. The number of halogens is 2. The van der Waals surface area contributed by atoms with Crippen LogP contribution >= 0.6 is 0 Å². The van der Waals surface area contributed by atoms with Crippen molar-refractivity contribution in [2.75, 3.05) is 33.5 Å². The molecule has 5 rings (SSSR count). The predicted molar refractivity (Wildman–Crippen MR) is 169 cm³/mol. The van der Waals surface area contributed by atoms with E-state index in [9.17, 15) is 18.7 Å². The van der Waals surface area contributed by atoms with Crippen LogP contribution in [0, 0.1) is 5.82 Å². The van der Waals surface area contributed by atoms with Gasteiger partial charge >= 0.3 is 0 Å². The van der Waals surface area contributed by atoms with Crippen LogP contribution in [0.15, 0.2) is 48.7 Å². The third-order valence-electron chi connectivity index (χ3n) is 7.10. The summed E-state index contributed by atoms with van der Waals surface area (Å²) in [5.74, 6) is 0.357. The van der Waals surface area contributed by atoms with E-state index >= 15 is 0 Å². The Labute approximate surface area is 257 Å². The molecule has 0 aliphatic carbocycles. The Balaban J connectivity index is 0.00000127. The van der Waals surface area contributed by atoms with Gasteiger partial charge in [0.15, 0.2) is 11.5 Å². The minimum Gasteiger partial charge on any atom is -0.493 e. The van der Waals surface area contributed by atoms with Crippen LogP contribution in [0.4, 0.5) is 8.78 Å². The van der Waals surface area contributed by atoms with Gasteiger partial charge < -0.3 is 29.6 Å². The number of nitrogens with zero attached hydrogens (tertiary/aromatic N) is 1. The number of aromatic nitrogens is 2. The van der Waals surface area contributed by atoms with Gasteiger partial charge in [-0.2, -0.15) is 0 Å². The maximum absolute atomic E-state index is 14.4. The van der Waals surface area contributed by atoms with Gasteiger partial charge in [-0.3, -0.25) is 4.79 Å². The van der Waals surface area contributed by atoms with Crippen molar-refractivity contribution in [3.63, 3.8) is 0 Å². The van der Waals surface area contributed by atoms with E-state index in [0.717, 1.165) is 5.56 Å². The molecule has 2 aromatic carbocycles. The molecular weight excluding hydrogens is 568 g/mol. The summed E-state index contributed by atoms with van der Waals surface area (Å²) in [6, 6.07) is 11.1. The average Bonchev–Trinajstić information content (AvgIpc) is 3.61. The highest BCUT2D eigenvalue weighted by atomic mass is 19.1. The number of benzene rings is 2. The average molecular weight is 612 g/mol. The topological polar surface area (TPSA) is 106 Å². The molecular formula is C34H43F2N3O5. The fraction of sp³-hybridized carbons (Fsp3) is 0.412. The van der Waals surface area contributed by atoms with E-state index in [1.807, 2.05) is 41.5 Å². The summed E-state index contributed by atoms with van der Waals surface area (Å²) in [4.78, 5) is 20.7. The Morgan fingerprint density at radius 1 is 1.16 bits per heavy atom. The molecule has 4 aromatic rings. The van der Waals surface area contributed by atoms with E-state index in [1.165, 1.54) is 31.4 Å². The second-order valence-electron chi connectivity index (χ2n) is 10.6. The van der Waals surface area contributed by atoms with E-state index in [1.54, 1.807) is 31.3 Å². The highest BCUT2D eigenvalue weighted by Crippen LogP contribution is 2.46. The number of carbonyl (C=O) groups is 1. The number of aromatic amines is 1. The number of para-hydroxylation sites is 1. The van der Waals surface area contributed by atoms with Crippen LogP contribution < -0.4 is 19.5 Å². The number of ether oxygens (including phenoxy) is 3. The zero-order valence-corrected chi connectivity index (χ0v) is 26.7. The molecule has 0 fully saturated rings. The Bertz CT molecular complexity index is 1580. The smallest absolute Gasteiger partial charge is 0.251 e. The van der Waals surface area contributed by atoms with E-state index in [2.05, 4.69) is 10.3 Å². The number of hydrogen-bond acceptors (Lipinski definition) is 6. The number of alkyl halides is 1. The van der Waals surface area contributed by atoms with Crippen LogP contribution in [0.3, 0.4) is 0 Å². The fourth-order valence-electron chi connectivity index (χ4n) is 4.81. The van der Waals surface area contributed by atoms with Gasteiger partial charge in [0, 0.05) is 33.7 Å². The van der Waals surface area contributed by atoms with Gasteiger partial charge in [0.25, 0.3) is 5.91 Å². The first-order chi connectivity index (χ1) is 21.1. The standard InChI is InChI=1S/C30H31F2N3O5.2C2H6/c1-29(2)16-40-27-20(29)13-24(35-26(27)19-14-33-25-18(19)6-5-7-21(25)32)30(3,37)15-34-28(36)17-8-9-22(39-11-10-31)23(12-17)38-4;2*1-2/h5-9,12-14,33,37H,10-11,15-16H2,1-4H3,(H,34,36);2*1-2H3. The lowest BCUT2D eigenvalue weighted by Gasteiger charge is -2.26. The Morgan fingerprint density at radius 3 is 2.57 bits per heavy atom. The van der Waals surface area contributed by atoms with Gasteiger partial charge in [-0.1, -0.05) is 53.7 Å². The van der Waals surface area contributed by atoms with Crippen molar-refractivity contribution < 1.29 is 32.9 Å². The molecule has 1 amide bonds. The van der Waals surface area contributed by atoms with Crippen molar-refractivity contribution in [2.45, 2.75) is 59.5 Å². The molecule has 3 heterocycles. The summed E-state index contributed by atoms with van der Waals surface area (Å²) in [5, 5.41) is 14.9. The van der Waals surface area contributed by atoms with Crippen molar-refractivity contribution >= 4 is 16.8 Å². The molecule has 8 nitrogen and oxygen atoms in total. The van der Waals surface area contributed by atoms with E-state index in [-0.39, 0.29) is 35.7 Å². The van der Waals surface area contributed by atoms with Crippen molar-refractivity contribution in [3.05, 3.63) is 71.3 Å². The number of rotatable bonds is 9. The number of pyridine rings is 1. The zero-order chi connectivity index (χ0) is 32.7. The molecule has 44 heavy (non-hydrogen) atoms. The van der Waals surface area contributed by atoms with E-state index < -0.39 is 18.2 Å². The van der Waals surface area contributed by atoms with E-state index in [4.69, 9.17) is 19.2 Å². The number of nitrogens with one attached hydrogen (secondary N) is 2. The number of H-pyrrole nitrogens is 1. The normalized spacial score (nSPS) is 14.2. The minimum absolute atomic E-state index is 0.129. The molecule has 2 aromatic heterocycles. The maximum atomic E-state index is 14.4. The number of amides is 1. The SMILES string of the molecule is CC.CC.COc1cc(C(=O)NCC(C)(O)c2cc3c(c(-c4c[nH]c5c(F)cccc45)n2)OCC3(C)C)ccc1OCCF. The minimum atomic E-state index is -1.57. The van der Waals surface area contributed by atoms with Crippen molar-refractivity contribution in [2.24, 2.45) is 0 Å². The number of fused-ring (bicyclic) bond motifs is 2. The summed E-state index contributed by atoms with van der Waals surface area (Å²) in [6.07, 6.45) is 1.68. The van der Waals surface area contributed by atoms with Crippen LogP contribution in [0.5, 0.6) is 17.2 Å². The quantitative estimate of drug-likeness (QED) is 0.187.